The van der Waals surface area contributed by atoms with Gasteiger partial charge in [0.2, 0.25) is 15.9 Å². The smallest absolute Gasteiger partial charge is 0.243 e. The highest BCUT2D eigenvalue weighted by atomic mass is 35.5. The van der Waals surface area contributed by atoms with Crippen LogP contribution in [0.2, 0.25) is 10.0 Å². The largest absolute Gasteiger partial charge is 0.351 e. The van der Waals surface area contributed by atoms with Crippen LogP contribution in [0.1, 0.15) is 12.5 Å². The maximum absolute atomic E-state index is 13.7. The predicted molar refractivity (Wildman–Crippen MR) is 115 cm³/mol. The van der Waals surface area contributed by atoms with E-state index in [1.54, 1.807) is 25.1 Å². The molecule has 1 atom stereocenters. The zero-order chi connectivity index (χ0) is 21.9. The van der Waals surface area contributed by atoms with Crippen molar-refractivity contribution >= 4 is 39.1 Å². The van der Waals surface area contributed by atoms with Gasteiger partial charge in [0.15, 0.2) is 0 Å². The van der Waals surface area contributed by atoms with E-state index < -0.39 is 16.1 Å². The Morgan fingerprint density at radius 2 is 1.77 bits per heavy atom. The van der Waals surface area contributed by atoms with Crippen LogP contribution in [0.25, 0.3) is 0 Å². The first-order chi connectivity index (χ1) is 14.2. The minimum atomic E-state index is -3.70. The summed E-state index contributed by atoms with van der Waals surface area (Å²) in [6.07, 6.45) is 0. The van der Waals surface area contributed by atoms with E-state index in [1.165, 1.54) is 28.6 Å². The minimum Gasteiger partial charge on any atom is -0.351 e. The average Bonchev–Trinajstić information content (AvgIpc) is 2.74. The van der Waals surface area contributed by atoms with E-state index in [4.69, 9.17) is 23.2 Å². The lowest BCUT2D eigenvalue weighted by molar-refractivity contribution is -0.126. The van der Waals surface area contributed by atoms with Gasteiger partial charge in [-0.1, -0.05) is 41.4 Å². The van der Waals surface area contributed by atoms with Gasteiger partial charge in [0.05, 0.1) is 21.0 Å². The molecular formula is C20H22Cl2FN3O3S. The van der Waals surface area contributed by atoms with Crippen LogP contribution in [0.3, 0.4) is 0 Å². The van der Waals surface area contributed by atoms with Gasteiger partial charge in [0.1, 0.15) is 5.82 Å². The van der Waals surface area contributed by atoms with Crippen molar-refractivity contribution in [3.05, 3.63) is 63.9 Å². The highest BCUT2D eigenvalue weighted by Gasteiger charge is 2.32. The molecule has 1 aliphatic heterocycles. The Morgan fingerprint density at radius 1 is 1.10 bits per heavy atom. The molecule has 1 unspecified atom stereocenters. The number of carbonyl (C=O) groups excluding carboxylic acids is 1. The number of nitrogens with one attached hydrogen (secondary N) is 1. The Bertz CT molecular complexity index is 1030. The van der Waals surface area contributed by atoms with Crippen LogP contribution >= 0.6 is 23.2 Å². The summed E-state index contributed by atoms with van der Waals surface area (Å²) in [6, 6.07) is 10.0. The summed E-state index contributed by atoms with van der Waals surface area (Å²) in [7, 11) is -3.70. The first-order valence-corrected chi connectivity index (χ1v) is 11.6. The Balaban J connectivity index is 1.57. The van der Waals surface area contributed by atoms with Crippen LogP contribution in [-0.4, -0.2) is 55.8 Å². The minimum absolute atomic E-state index is 0.0843. The van der Waals surface area contributed by atoms with Crippen molar-refractivity contribution in [1.82, 2.24) is 14.5 Å². The molecule has 2 aromatic carbocycles. The second-order valence-electron chi connectivity index (χ2n) is 7.00. The van der Waals surface area contributed by atoms with E-state index in [1.807, 2.05) is 4.90 Å². The van der Waals surface area contributed by atoms with Gasteiger partial charge in [0, 0.05) is 38.3 Å². The van der Waals surface area contributed by atoms with E-state index >= 15 is 0 Å². The first kappa shape index (κ1) is 23.0. The maximum Gasteiger partial charge on any atom is 0.243 e. The lowest BCUT2D eigenvalue weighted by atomic mass is 10.2. The van der Waals surface area contributed by atoms with E-state index in [0.717, 1.165) is 0 Å². The molecule has 1 N–H and O–H groups in total. The van der Waals surface area contributed by atoms with Crippen LogP contribution < -0.4 is 5.32 Å². The van der Waals surface area contributed by atoms with Gasteiger partial charge in [-0.2, -0.15) is 4.31 Å². The Labute approximate surface area is 185 Å². The van der Waals surface area contributed by atoms with Gasteiger partial charge in [-0.3, -0.25) is 9.69 Å². The standard InChI is InChI=1S/C20H22Cl2FN3O3S/c1-14(20(27)24-13-15-4-2-3-5-19(15)23)25-8-10-26(11-9-25)30(28,29)16-6-7-17(21)18(22)12-16/h2-7,12,14H,8-11,13H2,1H3,(H,24,27). The number of sulfonamides is 1. The van der Waals surface area contributed by atoms with Gasteiger partial charge < -0.3 is 5.32 Å². The molecule has 1 saturated heterocycles. The van der Waals surface area contributed by atoms with Crippen LogP contribution in [0.15, 0.2) is 47.4 Å². The van der Waals surface area contributed by atoms with Gasteiger partial charge in [-0.05, 0) is 31.2 Å². The molecule has 1 aliphatic rings. The Morgan fingerprint density at radius 3 is 2.40 bits per heavy atom. The fourth-order valence-electron chi connectivity index (χ4n) is 3.26. The second kappa shape index (κ2) is 9.62. The monoisotopic (exact) mass is 473 g/mol. The average molecular weight is 474 g/mol. The Hall–Kier alpha value is -1.71. The zero-order valence-electron chi connectivity index (χ0n) is 16.3. The number of rotatable bonds is 6. The van der Waals surface area contributed by atoms with Crippen molar-refractivity contribution in [3.8, 4) is 0 Å². The van der Waals surface area contributed by atoms with Crippen molar-refractivity contribution in [2.45, 2.75) is 24.4 Å². The van der Waals surface area contributed by atoms with Crippen LogP contribution in [-0.2, 0) is 21.4 Å². The summed E-state index contributed by atoms with van der Waals surface area (Å²) in [5.74, 6) is -0.606. The number of hydrogen-bond donors (Lipinski definition) is 1. The lowest BCUT2D eigenvalue weighted by Gasteiger charge is -2.36. The molecule has 1 fully saturated rings. The molecular weight excluding hydrogens is 452 g/mol. The van der Waals surface area contributed by atoms with Gasteiger partial charge in [-0.15, -0.1) is 0 Å². The quantitative estimate of drug-likeness (QED) is 0.699. The third kappa shape index (κ3) is 5.12. The SMILES string of the molecule is CC(C(=O)NCc1ccccc1F)N1CCN(S(=O)(=O)c2ccc(Cl)c(Cl)c2)CC1. The third-order valence-corrected chi connectivity index (χ3v) is 7.77. The number of hydrogen-bond acceptors (Lipinski definition) is 4. The number of halogens is 3. The molecule has 0 spiro atoms. The molecule has 6 nitrogen and oxygen atoms in total. The number of nitrogens with zero attached hydrogens (tertiary/aromatic N) is 2. The number of amides is 1. The van der Waals surface area contributed by atoms with Crippen LogP contribution in [0.4, 0.5) is 4.39 Å². The fraction of sp³-hybridized carbons (Fsp3) is 0.350. The highest BCUT2D eigenvalue weighted by molar-refractivity contribution is 7.89. The van der Waals surface area contributed by atoms with Crippen molar-refractivity contribution in [2.75, 3.05) is 26.2 Å². The Kier molecular flexibility index (Phi) is 7.36. The molecule has 1 heterocycles. The second-order valence-corrected chi connectivity index (χ2v) is 9.75. The summed E-state index contributed by atoms with van der Waals surface area (Å²) in [4.78, 5) is 14.4. The summed E-state index contributed by atoms with van der Waals surface area (Å²) in [6.45, 7) is 3.13. The molecule has 0 aliphatic carbocycles. The van der Waals surface area contributed by atoms with Crippen molar-refractivity contribution < 1.29 is 17.6 Å². The third-order valence-electron chi connectivity index (χ3n) is 5.14. The zero-order valence-corrected chi connectivity index (χ0v) is 18.6. The number of carbonyl (C=O) groups is 1. The molecule has 30 heavy (non-hydrogen) atoms. The van der Waals surface area contributed by atoms with Crippen molar-refractivity contribution in [3.63, 3.8) is 0 Å². The normalized spacial score (nSPS) is 16.9. The molecule has 0 aromatic heterocycles. The van der Waals surface area contributed by atoms with Crippen molar-refractivity contribution in [2.24, 2.45) is 0 Å². The van der Waals surface area contributed by atoms with E-state index in [9.17, 15) is 17.6 Å². The van der Waals surface area contributed by atoms with Crippen LogP contribution in [0, 0.1) is 5.82 Å². The van der Waals surface area contributed by atoms with Gasteiger partial charge >= 0.3 is 0 Å². The number of benzene rings is 2. The molecule has 162 valence electrons. The molecule has 0 bridgehead atoms. The van der Waals surface area contributed by atoms with E-state index in [2.05, 4.69) is 5.32 Å². The van der Waals surface area contributed by atoms with Crippen LogP contribution in [0.5, 0.6) is 0 Å². The molecule has 0 radical (unpaired) electrons. The molecule has 1 amide bonds. The maximum atomic E-state index is 13.7. The summed E-state index contributed by atoms with van der Waals surface area (Å²) < 4.78 is 40.8. The molecule has 2 aromatic rings. The predicted octanol–water partition coefficient (Wildman–Crippen LogP) is 3.14. The fourth-order valence-corrected chi connectivity index (χ4v) is 5.07. The summed E-state index contributed by atoms with van der Waals surface area (Å²) >= 11 is 11.8. The van der Waals surface area contributed by atoms with E-state index in [0.29, 0.717) is 18.7 Å². The summed E-state index contributed by atoms with van der Waals surface area (Å²) in [5.41, 5.74) is 0.413. The molecule has 10 heteroatoms. The lowest BCUT2D eigenvalue weighted by Crippen LogP contribution is -2.54. The van der Waals surface area contributed by atoms with Gasteiger partial charge in [0.25, 0.3) is 0 Å². The highest BCUT2D eigenvalue weighted by Crippen LogP contribution is 2.27. The van der Waals surface area contributed by atoms with Crippen molar-refractivity contribution in [1.29, 1.82) is 0 Å². The topological polar surface area (TPSA) is 69.7 Å². The number of piperazine rings is 1. The molecule has 3 rings (SSSR count). The first-order valence-electron chi connectivity index (χ1n) is 9.40. The van der Waals surface area contributed by atoms with E-state index in [-0.39, 0.29) is 46.3 Å². The summed E-state index contributed by atoms with van der Waals surface area (Å²) in [5, 5.41) is 3.20. The molecule has 0 saturated carbocycles. The van der Waals surface area contributed by atoms with Gasteiger partial charge in [-0.25, -0.2) is 12.8 Å².